The first-order chi connectivity index (χ1) is 8.99. The van der Waals surface area contributed by atoms with Crippen molar-refractivity contribution in [2.24, 2.45) is 11.8 Å². The number of hydrogen-bond donors (Lipinski definition) is 2. The Bertz CT molecular complexity index is 519. The number of hydrogen-bond acceptors (Lipinski definition) is 3. The van der Waals surface area contributed by atoms with E-state index in [0.717, 1.165) is 6.42 Å². The van der Waals surface area contributed by atoms with Crippen LogP contribution in [0.15, 0.2) is 12.1 Å². The predicted molar refractivity (Wildman–Crippen MR) is 71.1 cm³/mol. The molecule has 0 saturated heterocycles. The molecule has 0 aromatic carbocycles. The van der Waals surface area contributed by atoms with Gasteiger partial charge >= 0.3 is 5.97 Å². The van der Waals surface area contributed by atoms with Crippen LogP contribution in [0, 0.1) is 18.8 Å². The minimum atomic E-state index is -0.899. The van der Waals surface area contributed by atoms with Crippen LogP contribution in [0.1, 0.15) is 25.0 Å². The van der Waals surface area contributed by atoms with Gasteiger partial charge in [0.1, 0.15) is 5.15 Å². The van der Waals surface area contributed by atoms with Crippen molar-refractivity contribution in [1.29, 1.82) is 0 Å². The standard InChI is InChI=1S/C13H15ClN2O3/c1-7-10(5-6-11(14)15-7)16-12(17)8-3-2-4-9(8)13(18)19/h5-6,8-9H,2-4H2,1H3,(H,16,17)(H,18,19). The second kappa shape index (κ2) is 5.57. The van der Waals surface area contributed by atoms with Crippen molar-refractivity contribution in [2.45, 2.75) is 26.2 Å². The average molecular weight is 283 g/mol. The molecule has 2 N–H and O–H groups in total. The van der Waals surface area contributed by atoms with Gasteiger partial charge < -0.3 is 10.4 Å². The van der Waals surface area contributed by atoms with Gasteiger partial charge in [-0.15, -0.1) is 0 Å². The molecule has 1 aromatic rings. The number of pyridine rings is 1. The first-order valence-corrected chi connectivity index (χ1v) is 6.53. The predicted octanol–water partition coefficient (Wildman–Crippen LogP) is 2.48. The van der Waals surface area contributed by atoms with Crippen molar-refractivity contribution in [3.05, 3.63) is 23.0 Å². The largest absolute Gasteiger partial charge is 0.481 e. The lowest BCUT2D eigenvalue weighted by Crippen LogP contribution is -2.30. The maximum Gasteiger partial charge on any atom is 0.307 e. The van der Waals surface area contributed by atoms with Crippen LogP contribution < -0.4 is 5.32 Å². The number of aryl methyl sites for hydroxylation is 1. The number of carbonyl (C=O) groups is 2. The first kappa shape index (κ1) is 13.8. The summed E-state index contributed by atoms with van der Waals surface area (Å²) in [6.07, 6.45) is 1.95. The summed E-state index contributed by atoms with van der Waals surface area (Å²) in [4.78, 5) is 27.2. The molecule has 0 bridgehead atoms. The molecule has 1 aliphatic carbocycles. The van der Waals surface area contributed by atoms with Crippen LogP contribution in [0.3, 0.4) is 0 Å². The topological polar surface area (TPSA) is 79.3 Å². The Morgan fingerprint density at radius 1 is 1.37 bits per heavy atom. The summed E-state index contributed by atoms with van der Waals surface area (Å²) in [5.74, 6) is -2.20. The van der Waals surface area contributed by atoms with Gasteiger partial charge in [0.05, 0.1) is 23.2 Å². The highest BCUT2D eigenvalue weighted by Gasteiger charge is 2.37. The third-order valence-corrected chi connectivity index (χ3v) is 3.69. The van der Waals surface area contributed by atoms with Gasteiger partial charge in [0.15, 0.2) is 0 Å². The van der Waals surface area contributed by atoms with Gasteiger partial charge in [-0.05, 0) is 31.9 Å². The fourth-order valence-electron chi connectivity index (χ4n) is 2.46. The first-order valence-electron chi connectivity index (χ1n) is 6.16. The molecule has 19 heavy (non-hydrogen) atoms. The molecule has 1 heterocycles. The van der Waals surface area contributed by atoms with E-state index in [-0.39, 0.29) is 5.91 Å². The molecule has 1 aliphatic rings. The third-order valence-electron chi connectivity index (χ3n) is 3.48. The van der Waals surface area contributed by atoms with Crippen molar-refractivity contribution in [3.8, 4) is 0 Å². The van der Waals surface area contributed by atoms with Crippen molar-refractivity contribution >= 4 is 29.2 Å². The van der Waals surface area contributed by atoms with E-state index in [1.54, 1.807) is 19.1 Å². The highest BCUT2D eigenvalue weighted by molar-refractivity contribution is 6.29. The lowest BCUT2D eigenvalue weighted by Gasteiger charge is -2.16. The number of carboxylic acids is 1. The molecule has 5 nitrogen and oxygen atoms in total. The Balaban J connectivity index is 2.10. The van der Waals surface area contributed by atoms with Gasteiger partial charge in [0.2, 0.25) is 5.91 Å². The van der Waals surface area contributed by atoms with Crippen LogP contribution in [0.4, 0.5) is 5.69 Å². The average Bonchev–Trinajstić information content (AvgIpc) is 2.82. The van der Waals surface area contributed by atoms with E-state index >= 15 is 0 Å². The zero-order valence-electron chi connectivity index (χ0n) is 10.5. The number of rotatable bonds is 3. The monoisotopic (exact) mass is 282 g/mol. The Morgan fingerprint density at radius 2 is 2.05 bits per heavy atom. The second-order valence-corrected chi connectivity index (χ2v) is 5.13. The molecule has 2 atom stereocenters. The summed E-state index contributed by atoms with van der Waals surface area (Å²) in [7, 11) is 0. The van der Waals surface area contributed by atoms with E-state index < -0.39 is 17.8 Å². The Morgan fingerprint density at radius 3 is 2.68 bits per heavy atom. The Kier molecular flexibility index (Phi) is 4.04. The molecule has 1 fully saturated rings. The lowest BCUT2D eigenvalue weighted by molar-refractivity contribution is -0.145. The Labute approximate surface area is 116 Å². The molecular weight excluding hydrogens is 268 g/mol. The van der Waals surface area contributed by atoms with Gasteiger partial charge in [-0.1, -0.05) is 18.0 Å². The third kappa shape index (κ3) is 3.04. The van der Waals surface area contributed by atoms with Crippen molar-refractivity contribution < 1.29 is 14.7 Å². The van der Waals surface area contributed by atoms with Gasteiger partial charge in [-0.2, -0.15) is 0 Å². The number of carbonyl (C=O) groups excluding carboxylic acids is 1. The lowest BCUT2D eigenvalue weighted by atomic mass is 9.95. The number of anilines is 1. The minimum Gasteiger partial charge on any atom is -0.481 e. The van der Waals surface area contributed by atoms with Crippen LogP contribution in [-0.4, -0.2) is 22.0 Å². The number of halogens is 1. The highest BCUT2D eigenvalue weighted by atomic mass is 35.5. The van der Waals surface area contributed by atoms with E-state index in [1.165, 1.54) is 0 Å². The van der Waals surface area contributed by atoms with Crippen molar-refractivity contribution in [2.75, 3.05) is 5.32 Å². The fraction of sp³-hybridized carbons (Fsp3) is 0.462. The molecule has 1 aromatic heterocycles. The number of amides is 1. The normalized spacial score (nSPS) is 22.2. The number of nitrogens with one attached hydrogen (secondary N) is 1. The van der Waals surface area contributed by atoms with Crippen LogP contribution in [0.25, 0.3) is 0 Å². The quantitative estimate of drug-likeness (QED) is 0.835. The van der Waals surface area contributed by atoms with E-state index in [9.17, 15) is 9.59 Å². The number of nitrogens with zero attached hydrogens (tertiary/aromatic N) is 1. The molecule has 102 valence electrons. The van der Waals surface area contributed by atoms with Gasteiger partial charge in [-0.25, -0.2) is 4.98 Å². The molecule has 1 saturated carbocycles. The molecule has 1 amide bonds. The maximum atomic E-state index is 12.1. The number of aliphatic carboxylic acids is 1. The summed E-state index contributed by atoms with van der Waals surface area (Å²) in [5, 5.41) is 12.2. The SMILES string of the molecule is Cc1nc(Cl)ccc1NC(=O)C1CCCC1C(=O)O. The number of carboxylic acid groups (broad SMARTS) is 1. The molecule has 2 rings (SSSR count). The second-order valence-electron chi connectivity index (χ2n) is 4.74. The molecule has 2 unspecified atom stereocenters. The van der Waals surface area contributed by atoms with Crippen molar-refractivity contribution in [1.82, 2.24) is 4.98 Å². The summed E-state index contributed by atoms with van der Waals surface area (Å²) in [5.41, 5.74) is 1.19. The van der Waals surface area contributed by atoms with E-state index in [4.69, 9.17) is 16.7 Å². The summed E-state index contributed by atoms with van der Waals surface area (Å²) in [6.45, 7) is 1.74. The molecule has 0 radical (unpaired) electrons. The zero-order valence-corrected chi connectivity index (χ0v) is 11.3. The maximum absolute atomic E-state index is 12.1. The van der Waals surface area contributed by atoms with Crippen molar-refractivity contribution in [3.63, 3.8) is 0 Å². The van der Waals surface area contributed by atoms with Crippen LogP contribution in [0.2, 0.25) is 5.15 Å². The van der Waals surface area contributed by atoms with E-state index in [1.807, 2.05) is 0 Å². The van der Waals surface area contributed by atoms with E-state index in [0.29, 0.717) is 29.4 Å². The molecule has 0 spiro atoms. The summed E-state index contributed by atoms with van der Waals surface area (Å²) < 4.78 is 0. The molecular formula is C13H15ClN2O3. The van der Waals surface area contributed by atoms with Crippen LogP contribution >= 0.6 is 11.6 Å². The zero-order chi connectivity index (χ0) is 14.0. The minimum absolute atomic E-state index is 0.253. The molecule has 0 aliphatic heterocycles. The summed E-state index contributed by atoms with van der Waals surface area (Å²) in [6, 6.07) is 3.26. The Hall–Kier alpha value is -1.62. The van der Waals surface area contributed by atoms with Crippen LogP contribution in [-0.2, 0) is 9.59 Å². The van der Waals surface area contributed by atoms with Gasteiger partial charge in [0.25, 0.3) is 0 Å². The van der Waals surface area contributed by atoms with Crippen LogP contribution in [0.5, 0.6) is 0 Å². The summed E-state index contributed by atoms with van der Waals surface area (Å²) >= 11 is 5.74. The molecule has 6 heteroatoms. The van der Waals surface area contributed by atoms with Gasteiger partial charge in [0, 0.05) is 0 Å². The fourth-order valence-corrected chi connectivity index (χ4v) is 2.65. The smallest absolute Gasteiger partial charge is 0.307 e. The van der Waals surface area contributed by atoms with E-state index in [2.05, 4.69) is 10.3 Å². The highest BCUT2D eigenvalue weighted by Crippen LogP contribution is 2.33. The number of aromatic nitrogens is 1. The van der Waals surface area contributed by atoms with Gasteiger partial charge in [-0.3, -0.25) is 9.59 Å².